The molecule has 1 aliphatic heterocycles. The number of carbonyl (C=O) groups is 2. The van der Waals surface area contributed by atoms with Crippen LogP contribution in [0.15, 0.2) is 29.5 Å². The SMILES string of the molecule is CC(C)(C)CCN1CC(C(=O)NCCCc2ccc(Cl)c(Cl)c2)=C(O)C1=O. The molecule has 0 atom stereocenters. The first-order valence-electron chi connectivity index (χ1n) is 9.02. The minimum atomic E-state index is -0.472. The topological polar surface area (TPSA) is 69.6 Å². The van der Waals surface area contributed by atoms with Gasteiger partial charge >= 0.3 is 0 Å². The largest absolute Gasteiger partial charge is 0.503 e. The van der Waals surface area contributed by atoms with E-state index >= 15 is 0 Å². The van der Waals surface area contributed by atoms with Crippen LogP contribution in [0.1, 0.15) is 39.2 Å². The van der Waals surface area contributed by atoms with Gasteiger partial charge in [0.25, 0.3) is 11.8 Å². The molecule has 2 N–H and O–H groups in total. The number of nitrogens with one attached hydrogen (secondary N) is 1. The summed E-state index contributed by atoms with van der Waals surface area (Å²) in [6, 6.07) is 5.45. The Hall–Kier alpha value is -1.72. The first-order chi connectivity index (χ1) is 12.6. The van der Waals surface area contributed by atoms with Crippen LogP contribution in [0, 0.1) is 5.41 Å². The number of rotatable bonds is 7. The van der Waals surface area contributed by atoms with Crippen molar-refractivity contribution < 1.29 is 14.7 Å². The molecule has 27 heavy (non-hydrogen) atoms. The fourth-order valence-electron chi connectivity index (χ4n) is 2.74. The van der Waals surface area contributed by atoms with Crippen molar-refractivity contribution in [2.24, 2.45) is 5.41 Å². The lowest BCUT2D eigenvalue weighted by atomic mass is 9.92. The van der Waals surface area contributed by atoms with Gasteiger partial charge in [-0.1, -0.05) is 50.0 Å². The predicted octanol–water partition coefficient (Wildman–Crippen LogP) is 4.13. The van der Waals surface area contributed by atoms with Gasteiger partial charge in [-0.15, -0.1) is 0 Å². The van der Waals surface area contributed by atoms with E-state index in [0.717, 1.165) is 18.4 Å². The number of hydrogen-bond donors (Lipinski definition) is 2. The lowest BCUT2D eigenvalue weighted by Gasteiger charge is -2.23. The molecular formula is C20H26Cl2N2O3. The van der Waals surface area contributed by atoms with Gasteiger partial charge in [0, 0.05) is 13.1 Å². The number of aryl methyl sites for hydroxylation is 1. The quantitative estimate of drug-likeness (QED) is 0.661. The van der Waals surface area contributed by atoms with Crippen LogP contribution in [0.5, 0.6) is 0 Å². The van der Waals surface area contributed by atoms with Crippen LogP contribution in [0.25, 0.3) is 0 Å². The van der Waals surface area contributed by atoms with Gasteiger partial charge in [0.05, 0.1) is 22.2 Å². The number of halogens is 2. The third kappa shape index (κ3) is 6.15. The van der Waals surface area contributed by atoms with Gasteiger partial charge in [0.15, 0.2) is 5.76 Å². The van der Waals surface area contributed by atoms with Crippen LogP contribution in [0.2, 0.25) is 10.0 Å². The summed E-state index contributed by atoms with van der Waals surface area (Å²) in [6.07, 6.45) is 2.24. The first-order valence-corrected chi connectivity index (χ1v) is 9.77. The van der Waals surface area contributed by atoms with E-state index < -0.39 is 17.6 Å². The van der Waals surface area contributed by atoms with Crippen LogP contribution in [0.3, 0.4) is 0 Å². The Bertz CT molecular complexity index is 754. The van der Waals surface area contributed by atoms with E-state index in [1.54, 1.807) is 6.07 Å². The second-order valence-electron chi connectivity index (χ2n) is 7.97. The van der Waals surface area contributed by atoms with Crippen molar-refractivity contribution in [3.63, 3.8) is 0 Å². The number of aliphatic hydroxyl groups is 1. The number of hydrogen-bond acceptors (Lipinski definition) is 3. The molecule has 5 nitrogen and oxygen atoms in total. The summed E-state index contributed by atoms with van der Waals surface area (Å²) in [5, 5.41) is 13.8. The molecule has 0 saturated carbocycles. The minimum absolute atomic E-state index is 0.0749. The summed E-state index contributed by atoms with van der Waals surface area (Å²) < 4.78 is 0. The molecule has 1 heterocycles. The van der Waals surface area contributed by atoms with Gasteiger partial charge in [0.1, 0.15) is 0 Å². The minimum Gasteiger partial charge on any atom is -0.503 e. The maximum absolute atomic E-state index is 12.3. The monoisotopic (exact) mass is 412 g/mol. The molecule has 0 saturated heterocycles. The molecule has 148 valence electrons. The van der Waals surface area contributed by atoms with Gasteiger partial charge in [-0.3, -0.25) is 9.59 Å². The lowest BCUT2D eigenvalue weighted by Crippen LogP contribution is -2.32. The number of amides is 2. The van der Waals surface area contributed by atoms with Crippen LogP contribution in [0.4, 0.5) is 0 Å². The van der Waals surface area contributed by atoms with E-state index in [-0.39, 0.29) is 17.5 Å². The summed E-state index contributed by atoms with van der Waals surface area (Å²) in [6.45, 7) is 7.36. The molecule has 1 aromatic carbocycles. The molecule has 0 unspecified atom stereocenters. The Labute approximate surface area is 170 Å². The maximum Gasteiger partial charge on any atom is 0.289 e. The molecule has 1 aromatic rings. The molecule has 7 heteroatoms. The Morgan fingerprint density at radius 3 is 2.59 bits per heavy atom. The van der Waals surface area contributed by atoms with E-state index in [9.17, 15) is 14.7 Å². The van der Waals surface area contributed by atoms with Crippen LogP contribution >= 0.6 is 23.2 Å². The Morgan fingerprint density at radius 2 is 1.96 bits per heavy atom. The molecule has 2 amide bonds. The second kappa shape index (κ2) is 8.98. The van der Waals surface area contributed by atoms with Gasteiger partial charge in [-0.05, 0) is 42.4 Å². The number of benzene rings is 1. The van der Waals surface area contributed by atoms with Gasteiger partial charge in [0.2, 0.25) is 0 Å². The highest BCUT2D eigenvalue weighted by Gasteiger charge is 2.34. The predicted molar refractivity (Wildman–Crippen MR) is 108 cm³/mol. The van der Waals surface area contributed by atoms with E-state index in [0.29, 0.717) is 29.6 Å². The molecule has 0 bridgehead atoms. The van der Waals surface area contributed by atoms with Crippen LogP contribution < -0.4 is 5.32 Å². The molecular weight excluding hydrogens is 387 g/mol. The average molecular weight is 413 g/mol. The summed E-state index contributed by atoms with van der Waals surface area (Å²) in [4.78, 5) is 26.0. The lowest BCUT2D eigenvalue weighted by molar-refractivity contribution is -0.128. The van der Waals surface area contributed by atoms with Gasteiger partial charge in [-0.2, -0.15) is 0 Å². The highest BCUT2D eigenvalue weighted by Crippen LogP contribution is 2.24. The smallest absolute Gasteiger partial charge is 0.289 e. The third-order valence-corrected chi connectivity index (χ3v) is 5.18. The van der Waals surface area contributed by atoms with Crippen molar-refractivity contribution in [3.8, 4) is 0 Å². The summed E-state index contributed by atoms with van der Waals surface area (Å²) in [7, 11) is 0. The zero-order chi connectivity index (χ0) is 20.2. The Kier molecular flexibility index (Phi) is 7.18. The van der Waals surface area contributed by atoms with E-state index in [1.165, 1.54) is 4.90 Å². The molecule has 0 radical (unpaired) electrons. The molecule has 1 aliphatic rings. The van der Waals surface area contributed by atoms with Crippen molar-refractivity contribution in [1.82, 2.24) is 10.2 Å². The summed E-state index contributed by atoms with van der Waals surface area (Å²) in [5.74, 6) is -1.31. The zero-order valence-electron chi connectivity index (χ0n) is 15.9. The first kappa shape index (κ1) is 21.6. The Balaban J connectivity index is 1.81. The number of nitrogens with zero attached hydrogens (tertiary/aromatic N) is 1. The number of carbonyl (C=O) groups excluding carboxylic acids is 2. The van der Waals surface area contributed by atoms with Crippen molar-refractivity contribution in [2.45, 2.75) is 40.0 Å². The van der Waals surface area contributed by atoms with Gasteiger partial charge in [-0.25, -0.2) is 0 Å². The standard InChI is InChI=1S/C20H26Cl2N2O3/c1-20(2,3)8-10-24-12-14(17(25)19(24)27)18(26)23-9-4-5-13-6-7-15(21)16(22)11-13/h6-7,11,25H,4-5,8-10,12H2,1-3H3,(H,23,26). The highest BCUT2D eigenvalue weighted by molar-refractivity contribution is 6.42. The average Bonchev–Trinajstić information content (AvgIpc) is 2.87. The van der Waals surface area contributed by atoms with Crippen molar-refractivity contribution in [2.75, 3.05) is 19.6 Å². The van der Waals surface area contributed by atoms with Crippen molar-refractivity contribution in [1.29, 1.82) is 0 Å². The summed E-state index contributed by atoms with van der Waals surface area (Å²) in [5.41, 5.74) is 1.25. The summed E-state index contributed by atoms with van der Waals surface area (Å²) >= 11 is 11.9. The highest BCUT2D eigenvalue weighted by atomic mass is 35.5. The van der Waals surface area contributed by atoms with Gasteiger partial charge < -0.3 is 15.3 Å². The molecule has 0 fully saturated rings. The number of aliphatic hydroxyl groups excluding tert-OH is 1. The van der Waals surface area contributed by atoms with Crippen LogP contribution in [-0.4, -0.2) is 41.5 Å². The van der Waals surface area contributed by atoms with E-state index in [4.69, 9.17) is 23.2 Å². The molecule has 0 spiro atoms. The molecule has 2 rings (SSSR count). The maximum atomic E-state index is 12.3. The fourth-order valence-corrected chi connectivity index (χ4v) is 3.06. The third-order valence-electron chi connectivity index (χ3n) is 4.44. The Morgan fingerprint density at radius 1 is 1.26 bits per heavy atom. The molecule has 0 aliphatic carbocycles. The van der Waals surface area contributed by atoms with Crippen LogP contribution in [-0.2, 0) is 16.0 Å². The van der Waals surface area contributed by atoms with E-state index in [2.05, 4.69) is 26.1 Å². The van der Waals surface area contributed by atoms with E-state index in [1.807, 2.05) is 12.1 Å². The van der Waals surface area contributed by atoms with Crippen molar-refractivity contribution >= 4 is 35.0 Å². The zero-order valence-corrected chi connectivity index (χ0v) is 17.5. The normalized spacial score (nSPS) is 14.9. The fraction of sp³-hybridized carbons (Fsp3) is 0.500. The molecule has 0 aromatic heterocycles. The second-order valence-corrected chi connectivity index (χ2v) is 8.79. The van der Waals surface area contributed by atoms with Crippen molar-refractivity contribution in [3.05, 3.63) is 45.1 Å².